The van der Waals surface area contributed by atoms with Crippen LogP contribution in [0.5, 0.6) is 0 Å². The molecule has 1 atom stereocenters. The lowest BCUT2D eigenvalue weighted by molar-refractivity contribution is 0.0600. The first-order valence-electron chi connectivity index (χ1n) is 5.96. The lowest BCUT2D eigenvalue weighted by Crippen LogP contribution is -2.07. The second-order valence-electron chi connectivity index (χ2n) is 4.20. The van der Waals surface area contributed by atoms with Crippen LogP contribution in [0.3, 0.4) is 0 Å². The van der Waals surface area contributed by atoms with Gasteiger partial charge in [0.2, 0.25) is 0 Å². The number of ether oxygens (including phenoxy) is 1. The number of rotatable bonds is 4. The highest BCUT2D eigenvalue weighted by molar-refractivity contribution is 7.78. The first kappa shape index (κ1) is 14.4. The van der Waals surface area contributed by atoms with E-state index >= 15 is 0 Å². The van der Waals surface area contributed by atoms with Crippen molar-refractivity contribution in [3.8, 4) is 11.1 Å². The second-order valence-corrected chi connectivity index (χ2v) is 5.13. The lowest BCUT2D eigenvalue weighted by Gasteiger charge is -2.09. The summed E-state index contributed by atoms with van der Waals surface area (Å²) >= 11 is -2.00. The van der Waals surface area contributed by atoms with Crippen LogP contribution in [0.25, 0.3) is 11.1 Å². The van der Waals surface area contributed by atoms with E-state index in [1.54, 1.807) is 12.1 Å². The third-order valence-electron chi connectivity index (χ3n) is 2.90. The van der Waals surface area contributed by atoms with Crippen LogP contribution in [-0.2, 0) is 21.6 Å². The summed E-state index contributed by atoms with van der Waals surface area (Å²) in [7, 11) is 1.29. The summed E-state index contributed by atoms with van der Waals surface area (Å²) in [6.07, 6.45) is 0. The van der Waals surface area contributed by atoms with Gasteiger partial charge in [-0.2, -0.15) is 0 Å². The van der Waals surface area contributed by atoms with Crippen molar-refractivity contribution in [1.29, 1.82) is 0 Å². The van der Waals surface area contributed by atoms with Gasteiger partial charge in [0, 0.05) is 0 Å². The normalized spacial score (nSPS) is 11.9. The minimum atomic E-state index is -2.00. The average molecular weight is 290 g/mol. The van der Waals surface area contributed by atoms with E-state index in [4.69, 9.17) is 9.29 Å². The number of carbonyl (C=O) groups is 1. The van der Waals surface area contributed by atoms with Gasteiger partial charge in [0.15, 0.2) is 11.1 Å². The van der Waals surface area contributed by atoms with Gasteiger partial charge >= 0.3 is 5.97 Å². The van der Waals surface area contributed by atoms with Crippen molar-refractivity contribution in [2.24, 2.45) is 0 Å². The first-order valence-corrected chi connectivity index (χ1v) is 7.23. The van der Waals surface area contributed by atoms with Crippen molar-refractivity contribution in [1.82, 2.24) is 0 Å². The molecule has 0 bridgehead atoms. The van der Waals surface area contributed by atoms with Gasteiger partial charge in [-0.25, -0.2) is 9.00 Å². The Morgan fingerprint density at radius 2 is 1.85 bits per heavy atom. The van der Waals surface area contributed by atoms with Crippen LogP contribution >= 0.6 is 0 Å². The Hall–Kier alpha value is -1.98. The molecule has 0 aliphatic heterocycles. The Balaban J connectivity index is 2.48. The smallest absolute Gasteiger partial charge is 0.338 e. The van der Waals surface area contributed by atoms with Crippen molar-refractivity contribution >= 4 is 17.0 Å². The van der Waals surface area contributed by atoms with Crippen molar-refractivity contribution < 1.29 is 18.3 Å². The van der Waals surface area contributed by atoms with Gasteiger partial charge in [-0.15, -0.1) is 0 Å². The zero-order chi connectivity index (χ0) is 14.5. The predicted octanol–water partition coefficient (Wildman–Crippen LogP) is 2.86. The molecular weight excluding hydrogens is 276 g/mol. The summed E-state index contributed by atoms with van der Waals surface area (Å²) in [6.45, 7) is 0. The molecule has 2 rings (SSSR count). The van der Waals surface area contributed by atoms with Gasteiger partial charge in [0.1, 0.15) is 0 Å². The number of methoxy groups -OCH3 is 1. The van der Waals surface area contributed by atoms with E-state index in [2.05, 4.69) is 0 Å². The van der Waals surface area contributed by atoms with Crippen LogP contribution in [0.4, 0.5) is 0 Å². The lowest BCUT2D eigenvalue weighted by atomic mass is 10.00. The van der Waals surface area contributed by atoms with E-state index in [0.29, 0.717) is 11.1 Å². The van der Waals surface area contributed by atoms with Crippen molar-refractivity contribution in [3.63, 3.8) is 0 Å². The van der Waals surface area contributed by atoms with E-state index in [1.165, 1.54) is 7.11 Å². The molecule has 0 heterocycles. The van der Waals surface area contributed by atoms with E-state index in [-0.39, 0.29) is 5.75 Å². The predicted molar refractivity (Wildman–Crippen MR) is 77.7 cm³/mol. The SMILES string of the molecule is COC(=O)c1cc(-c2ccccc2)ccc1CS(=O)O. The Labute approximate surface area is 119 Å². The van der Waals surface area contributed by atoms with Gasteiger partial charge in [-0.05, 0) is 22.8 Å². The van der Waals surface area contributed by atoms with E-state index in [1.807, 2.05) is 36.4 Å². The molecule has 0 saturated carbocycles. The maximum absolute atomic E-state index is 11.8. The van der Waals surface area contributed by atoms with E-state index in [0.717, 1.165) is 11.1 Å². The Morgan fingerprint density at radius 3 is 2.45 bits per heavy atom. The molecule has 104 valence electrons. The van der Waals surface area contributed by atoms with Gasteiger partial charge in [-0.3, -0.25) is 0 Å². The van der Waals surface area contributed by atoms with Gasteiger partial charge < -0.3 is 9.29 Å². The van der Waals surface area contributed by atoms with Crippen LogP contribution in [0.15, 0.2) is 48.5 Å². The Bertz CT molecular complexity index is 638. The summed E-state index contributed by atoms with van der Waals surface area (Å²) in [4.78, 5) is 11.8. The number of benzene rings is 2. The molecule has 4 nitrogen and oxygen atoms in total. The molecule has 0 radical (unpaired) electrons. The number of hydrogen-bond donors (Lipinski definition) is 1. The zero-order valence-electron chi connectivity index (χ0n) is 10.9. The molecule has 0 fully saturated rings. The third-order valence-corrected chi connectivity index (χ3v) is 3.46. The molecule has 1 unspecified atom stereocenters. The first-order chi connectivity index (χ1) is 9.61. The molecule has 2 aromatic rings. The minimum Gasteiger partial charge on any atom is -0.465 e. The minimum absolute atomic E-state index is 0.0977. The number of esters is 1. The Morgan fingerprint density at radius 1 is 1.15 bits per heavy atom. The number of hydrogen-bond acceptors (Lipinski definition) is 3. The van der Waals surface area contributed by atoms with Crippen LogP contribution in [0.1, 0.15) is 15.9 Å². The monoisotopic (exact) mass is 290 g/mol. The maximum Gasteiger partial charge on any atom is 0.338 e. The van der Waals surface area contributed by atoms with E-state index < -0.39 is 17.0 Å². The fraction of sp³-hybridized carbons (Fsp3) is 0.133. The molecule has 1 N–H and O–H groups in total. The summed E-state index contributed by atoms with van der Waals surface area (Å²) in [5.74, 6) is -0.609. The summed E-state index contributed by atoms with van der Waals surface area (Å²) in [5, 5.41) is 0. The molecular formula is C15H14O4S. The maximum atomic E-state index is 11.8. The molecule has 5 heteroatoms. The molecule has 0 amide bonds. The standard InChI is InChI=1S/C15H14O4S/c1-19-15(16)14-9-12(11-5-3-2-4-6-11)7-8-13(14)10-20(17)18/h2-9H,10H2,1H3,(H,17,18). The highest BCUT2D eigenvalue weighted by Gasteiger charge is 2.14. The number of carbonyl (C=O) groups excluding carboxylic acids is 1. The summed E-state index contributed by atoms with van der Waals surface area (Å²) in [6, 6.07) is 14.8. The average Bonchev–Trinajstić information content (AvgIpc) is 2.47. The van der Waals surface area contributed by atoms with Gasteiger partial charge in [-0.1, -0.05) is 42.5 Å². The molecule has 0 saturated heterocycles. The zero-order valence-corrected chi connectivity index (χ0v) is 11.7. The highest BCUT2D eigenvalue weighted by Crippen LogP contribution is 2.23. The van der Waals surface area contributed by atoms with E-state index in [9.17, 15) is 9.00 Å². The largest absolute Gasteiger partial charge is 0.465 e. The quantitative estimate of drug-likeness (QED) is 0.694. The highest BCUT2D eigenvalue weighted by atomic mass is 32.2. The topological polar surface area (TPSA) is 63.6 Å². The summed E-state index contributed by atoms with van der Waals surface area (Å²) in [5.41, 5.74) is 2.64. The molecule has 20 heavy (non-hydrogen) atoms. The van der Waals surface area contributed by atoms with Crippen LogP contribution < -0.4 is 0 Å². The van der Waals surface area contributed by atoms with Crippen molar-refractivity contribution in [3.05, 3.63) is 59.7 Å². The molecule has 0 aromatic heterocycles. The van der Waals surface area contributed by atoms with Crippen molar-refractivity contribution in [2.45, 2.75) is 5.75 Å². The van der Waals surface area contributed by atoms with Crippen LogP contribution in [0.2, 0.25) is 0 Å². The van der Waals surface area contributed by atoms with Crippen molar-refractivity contribution in [2.75, 3.05) is 7.11 Å². The Kier molecular flexibility index (Phi) is 4.65. The van der Waals surface area contributed by atoms with Gasteiger partial charge in [0.25, 0.3) is 0 Å². The molecule has 0 aliphatic carbocycles. The fourth-order valence-electron chi connectivity index (χ4n) is 1.95. The van der Waals surface area contributed by atoms with Crippen LogP contribution in [-0.4, -0.2) is 21.8 Å². The third kappa shape index (κ3) is 3.31. The van der Waals surface area contributed by atoms with Crippen LogP contribution in [0, 0.1) is 0 Å². The molecule has 0 spiro atoms. The van der Waals surface area contributed by atoms with Gasteiger partial charge in [0.05, 0.1) is 18.4 Å². The molecule has 2 aromatic carbocycles. The summed E-state index contributed by atoms with van der Waals surface area (Å²) < 4.78 is 24.7. The molecule has 0 aliphatic rings. The fourth-order valence-corrected chi connectivity index (χ4v) is 2.46. The second kappa shape index (κ2) is 6.45.